The zero-order valence-corrected chi connectivity index (χ0v) is 13.5. The summed E-state index contributed by atoms with van der Waals surface area (Å²) < 4.78 is 26.6. The molecule has 21 heavy (non-hydrogen) atoms. The molecule has 2 rings (SSSR count). The summed E-state index contributed by atoms with van der Waals surface area (Å²) in [4.78, 5) is 6.35. The first-order valence-corrected chi connectivity index (χ1v) is 8.75. The second-order valence-corrected chi connectivity index (χ2v) is 7.69. The highest BCUT2D eigenvalue weighted by Crippen LogP contribution is 2.16. The van der Waals surface area contributed by atoms with Crippen molar-refractivity contribution < 1.29 is 8.42 Å². The number of pyridine rings is 1. The Balaban J connectivity index is 2.03. The second kappa shape index (κ2) is 6.83. The molecular weight excluding hydrogens is 288 g/mol. The Kier molecular flexibility index (Phi) is 5.32. The summed E-state index contributed by atoms with van der Waals surface area (Å²) >= 11 is 0. The van der Waals surface area contributed by atoms with Gasteiger partial charge in [-0.15, -0.1) is 0 Å². The first-order chi connectivity index (χ1) is 9.93. The number of sulfonamides is 1. The standard InChI is InChI=1S/C14H24N4O2S/c1-12(2)11-17-5-7-18(8-6-17)21(19,20)14-4-3-13(9-15)10-16-14/h3-4,10,12H,5-9,11,15H2,1-2H3. The third-order valence-corrected chi connectivity index (χ3v) is 5.41. The Labute approximate surface area is 127 Å². The van der Waals surface area contributed by atoms with Gasteiger partial charge in [0.05, 0.1) is 0 Å². The number of nitrogens with two attached hydrogens (primary N) is 1. The van der Waals surface area contributed by atoms with Gasteiger partial charge in [0.2, 0.25) is 0 Å². The molecule has 1 aromatic heterocycles. The van der Waals surface area contributed by atoms with Gasteiger partial charge in [-0.1, -0.05) is 19.9 Å². The first-order valence-electron chi connectivity index (χ1n) is 7.31. The van der Waals surface area contributed by atoms with Gasteiger partial charge in [-0.2, -0.15) is 4.31 Å². The highest BCUT2D eigenvalue weighted by Gasteiger charge is 2.29. The van der Waals surface area contributed by atoms with Crippen molar-refractivity contribution in [2.24, 2.45) is 11.7 Å². The van der Waals surface area contributed by atoms with Crippen LogP contribution in [-0.4, -0.2) is 55.3 Å². The maximum atomic E-state index is 12.5. The molecule has 1 saturated heterocycles. The van der Waals surface area contributed by atoms with Crippen molar-refractivity contribution >= 4 is 10.0 Å². The average Bonchev–Trinajstić information content (AvgIpc) is 2.47. The van der Waals surface area contributed by atoms with Crippen molar-refractivity contribution in [1.82, 2.24) is 14.2 Å². The maximum absolute atomic E-state index is 12.5. The van der Waals surface area contributed by atoms with Gasteiger partial charge in [0, 0.05) is 45.5 Å². The van der Waals surface area contributed by atoms with Gasteiger partial charge < -0.3 is 10.6 Å². The van der Waals surface area contributed by atoms with Crippen molar-refractivity contribution in [2.45, 2.75) is 25.4 Å². The number of hydrogen-bond donors (Lipinski definition) is 1. The topological polar surface area (TPSA) is 79.5 Å². The molecule has 2 heterocycles. The van der Waals surface area contributed by atoms with Crippen LogP contribution in [0.2, 0.25) is 0 Å². The molecule has 2 N–H and O–H groups in total. The van der Waals surface area contributed by atoms with Crippen LogP contribution in [-0.2, 0) is 16.6 Å². The zero-order chi connectivity index (χ0) is 15.5. The second-order valence-electron chi connectivity index (χ2n) is 5.81. The van der Waals surface area contributed by atoms with Crippen LogP contribution in [0.5, 0.6) is 0 Å². The predicted octanol–water partition coefficient (Wildman–Crippen LogP) is 0.503. The van der Waals surface area contributed by atoms with Gasteiger partial charge in [0.15, 0.2) is 5.03 Å². The molecule has 0 bridgehead atoms. The number of hydrogen-bond acceptors (Lipinski definition) is 5. The van der Waals surface area contributed by atoms with Gasteiger partial charge in [0.25, 0.3) is 10.0 Å². The Hall–Kier alpha value is -1.02. The Morgan fingerprint density at radius 2 is 1.90 bits per heavy atom. The van der Waals surface area contributed by atoms with Crippen LogP contribution in [0.1, 0.15) is 19.4 Å². The molecule has 0 amide bonds. The zero-order valence-electron chi connectivity index (χ0n) is 12.7. The minimum Gasteiger partial charge on any atom is -0.326 e. The number of aromatic nitrogens is 1. The van der Waals surface area contributed by atoms with Gasteiger partial charge in [-0.05, 0) is 17.5 Å². The van der Waals surface area contributed by atoms with Gasteiger partial charge in [0.1, 0.15) is 0 Å². The van der Waals surface area contributed by atoms with Crippen LogP contribution < -0.4 is 5.73 Å². The minimum absolute atomic E-state index is 0.108. The maximum Gasteiger partial charge on any atom is 0.260 e. The average molecular weight is 312 g/mol. The molecule has 0 unspecified atom stereocenters. The fourth-order valence-electron chi connectivity index (χ4n) is 2.49. The van der Waals surface area contributed by atoms with E-state index in [1.807, 2.05) is 0 Å². The third kappa shape index (κ3) is 4.00. The van der Waals surface area contributed by atoms with E-state index in [2.05, 4.69) is 23.7 Å². The summed E-state index contributed by atoms with van der Waals surface area (Å²) in [5, 5.41) is 0.108. The normalized spacial score (nSPS) is 18.3. The minimum atomic E-state index is -3.48. The molecule has 0 spiro atoms. The van der Waals surface area contributed by atoms with Crippen molar-refractivity contribution in [3.05, 3.63) is 23.9 Å². The van der Waals surface area contributed by atoms with E-state index in [-0.39, 0.29) is 5.03 Å². The molecule has 1 aromatic rings. The smallest absolute Gasteiger partial charge is 0.260 e. The fourth-order valence-corrected chi connectivity index (χ4v) is 3.82. The summed E-state index contributed by atoms with van der Waals surface area (Å²) in [7, 11) is -3.48. The summed E-state index contributed by atoms with van der Waals surface area (Å²) in [5.41, 5.74) is 6.33. The van der Waals surface area contributed by atoms with Crippen molar-refractivity contribution in [1.29, 1.82) is 0 Å². The van der Waals surface area contributed by atoms with E-state index in [9.17, 15) is 8.42 Å². The Bertz CT molecular complexity index is 549. The Morgan fingerprint density at radius 1 is 1.24 bits per heavy atom. The van der Waals surface area contributed by atoms with Crippen LogP contribution in [0.25, 0.3) is 0 Å². The number of piperazine rings is 1. The lowest BCUT2D eigenvalue weighted by Gasteiger charge is -2.34. The van der Waals surface area contributed by atoms with E-state index in [0.717, 1.165) is 25.2 Å². The van der Waals surface area contributed by atoms with E-state index >= 15 is 0 Å². The van der Waals surface area contributed by atoms with Gasteiger partial charge in [-0.25, -0.2) is 13.4 Å². The molecular formula is C14H24N4O2S. The lowest BCUT2D eigenvalue weighted by molar-refractivity contribution is 0.172. The quantitative estimate of drug-likeness (QED) is 0.856. The molecule has 118 valence electrons. The Morgan fingerprint density at radius 3 is 2.38 bits per heavy atom. The summed E-state index contributed by atoms with van der Waals surface area (Å²) in [6.45, 7) is 8.32. The molecule has 0 aromatic carbocycles. The molecule has 7 heteroatoms. The molecule has 0 radical (unpaired) electrons. The first kappa shape index (κ1) is 16.4. The number of nitrogens with zero attached hydrogens (tertiary/aromatic N) is 3. The van der Waals surface area contributed by atoms with Gasteiger partial charge >= 0.3 is 0 Å². The molecule has 0 aliphatic carbocycles. The monoisotopic (exact) mass is 312 g/mol. The SMILES string of the molecule is CC(C)CN1CCN(S(=O)(=O)c2ccc(CN)cn2)CC1. The van der Waals surface area contributed by atoms with E-state index in [4.69, 9.17) is 5.73 Å². The summed E-state index contributed by atoms with van der Waals surface area (Å²) in [5.74, 6) is 0.596. The molecule has 0 atom stereocenters. The summed E-state index contributed by atoms with van der Waals surface area (Å²) in [6, 6.07) is 3.26. The van der Waals surface area contributed by atoms with E-state index in [1.165, 1.54) is 16.6 Å². The van der Waals surface area contributed by atoms with Crippen molar-refractivity contribution in [2.75, 3.05) is 32.7 Å². The van der Waals surface area contributed by atoms with Crippen LogP contribution in [0.3, 0.4) is 0 Å². The summed E-state index contributed by atoms with van der Waals surface area (Å²) in [6.07, 6.45) is 1.53. The molecule has 1 aliphatic rings. The molecule has 6 nitrogen and oxygen atoms in total. The van der Waals surface area contributed by atoms with Crippen molar-refractivity contribution in [3.8, 4) is 0 Å². The highest BCUT2D eigenvalue weighted by atomic mass is 32.2. The lowest BCUT2D eigenvalue weighted by Crippen LogP contribution is -2.49. The van der Waals surface area contributed by atoms with E-state index < -0.39 is 10.0 Å². The van der Waals surface area contributed by atoms with E-state index in [0.29, 0.717) is 25.6 Å². The highest BCUT2D eigenvalue weighted by molar-refractivity contribution is 7.89. The van der Waals surface area contributed by atoms with E-state index in [1.54, 1.807) is 6.07 Å². The number of rotatable bonds is 5. The van der Waals surface area contributed by atoms with Gasteiger partial charge in [-0.3, -0.25) is 0 Å². The lowest BCUT2D eigenvalue weighted by atomic mass is 10.2. The predicted molar refractivity (Wildman–Crippen MR) is 82.2 cm³/mol. The van der Waals surface area contributed by atoms with Crippen LogP contribution >= 0.6 is 0 Å². The van der Waals surface area contributed by atoms with Crippen LogP contribution in [0.15, 0.2) is 23.4 Å². The third-order valence-electron chi connectivity index (χ3n) is 3.59. The fraction of sp³-hybridized carbons (Fsp3) is 0.643. The largest absolute Gasteiger partial charge is 0.326 e. The van der Waals surface area contributed by atoms with Crippen molar-refractivity contribution in [3.63, 3.8) is 0 Å². The molecule has 1 aliphatic heterocycles. The molecule has 0 saturated carbocycles. The van der Waals surface area contributed by atoms with Crippen LogP contribution in [0, 0.1) is 5.92 Å². The molecule has 1 fully saturated rings. The van der Waals surface area contributed by atoms with Crippen LogP contribution in [0.4, 0.5) is 0 Å².